The second-order valence-corrected chi connectivity index (χ2v) is 7.16. The molecule has 0 amide bonds. The van der Waals surface area contributed by atoms with Crippen molar-refractivity contribution in [2.24, 2.45) is 0 Å². The average molecular weight is 351 g/mol. The van der Waals surface area contributed by atoms with E-state index in [1.54, 1.807) is 18.2 Å². The second-order valence-electron chi connectivity index (χ2n) is 5.22. The van der Waals surface area contributed by atoms with Gasteiger partial charge in [-0.25, -0.2) is 13.2 Å². The maximum atomic E-state index is 12.6. The number of hydrogen-bond acceptors (Lipinski definition) is 6. The van der Waals surface area contributed by atoms with E-state index in [0.717, 1.165) is 0 Å². The van der Waals surface area contributed by atoms with Crippen LogP contribution >= 0.6 is 0 Å². The van der Waals surface area contributed by atoms with E-state index in [0.29, 0.717) is 31.9 Å². The predicted molar refractivity (Wildman–Crippen MR) is 83.8 cm³/mol. The Morgan fingerprint density at radius 1 is 1.17 bits per heavy atom. The van der Waals surface area contributed by atoms with Gasteiger partial charge in [-0.05, 0) is 29.8 Å². The molecule has 1 fully saturated rings. The lowest BCUT2D eigenvalue weighted by atomic mass is 10.2. The maximum Gasteiger partial charge on any atom is 0.374 e. The van der Waals surface area contributed by atoms with Gasteiger partial charge in [0.1, 0.15) is 6.61 Å². The zero-order valence-corrected chi connectivity index (χ0v) is 13.7. The van der Waals surface area contributed by atoms with E-state index in [4.69, 9.17) is 13.9 Å². The van der Waals surface area contributed by atoms with E-state index in [2.05, 4.69) is 0 Å². The monoisotopic (exact) mass is 351 g/mol. The van der Waals surface area contributed by atoms with Crippen molar-refractivity contribution in [1.29, 1.82) is 0 Å². The van der Waals surface area contributed by atoms with Gasteiger partial charge in [0, 0.05) is 13.1 Å². The minimum absolute atomic E-state index is 0.0357. The van der Waals surface area contributed by atoms with E-state index >= 15 is 0 Å². The van der Waals surface area contributed by atoms with Gasteiger partial charge in [0.05, 0.1) is 24.4 Å². The quantitative estimate of drug-likeness (QED) is 0.762. The third kappa shape index (κ3) is 3.66. The number of hydrogen-bond donors (Lipinski definition) is 0. The molecular formula is C16H17NO6S. The predicted octanol–water partition coefficient (Wildman–Crippen LogP) is 1.66. The summed E-state index contributed by atoms with van der Waals surface area (Å²) in [5, 5.41) is 0. The van der Waals surface area contributed by atoms with E-state index < -0.39 is 16.0 Å². The normalized spacial score (nSPS) is 16.0. The average Bonchev–Trinajstić information content (AvgIpc) is 3.15. The molecule has 0 N–H and O–H groups in total. The Morgan fingerprint density at radius 2 is 1.96 bits per heavy atom. The Bertz CT molecular complexity index is 794. The van der Waals surface area contributed by atoms with Crippen LogP contribution in [0.5, 0.6) is 0 Å². The fraction of sp³-hybridized carbons (Fsp3) is 0.312. The molecule has 8 heteroatoms. The zero-order valence-electron chi connectivity index (χ0n) is 12.9. The zero-order chi connectivity index (χ0) is 17.0. The highest BCUT2D eigenvalue weighted by molar-refractivity contribution is 7.89. The number of ether oxygens (including phenoxy) is 2. The molecule has 1 aliphatic heterocycles. The molecule has 24 heavy (non-hydrogen) atoms. The van der Waals surface area contributed by atoms with Crippen molar-refractivity contribution < 1.29 is 27.1 Å². The molecule has 3 rings (SSSR count). The number of benzene rings is 1. The van der Waals surface area contributed by atoms with E-state index in [1.165, 1.54) is 28.8 Å². The van der Waals surface area contributed by atoms with E-state index in [1.807, 2.05) is 0 Å². The summed E-state index contributed by atoms with van der Waals surface area (Å²) in [4.78, 5) is 11.9. The number of carbonyl (C=O) groups is 1. The number of nitrogens with zero attached hydrogens (tertiary/aromatic N) is 1. The van der Waals surface area contributed by atoms with Crippen LogP contribution in [0.2, 0.25) is 0 Å². The van der Waals surface area contributed by atoms with Gasteiger partial charge in [-0.3, -0.25) is 0 Å². The lowest BCUT2D eigenvalue weighted by molar-refractivity contribution is 0.0436. The third-order valence-corrected chi connectivity index (χ3v) is 5.49. The van der Waals surface area contributed by atoms with Crippen molar-refractivity contribution in [3.05, 3.63) is 54.0 Å². The van der Waals surface area contributed by atoms with Crippen molar-refractivity contribution in [2.75, 3.05) is 26.3 Å². The van der Waals surface area contributed by atoms with E-state index in [9.17, 15) is 13.2 Å². The molecular weight excluding hydrogens is 334 g/mol. The number of morpholine rings is 1. The summed E-state index contributed by atoms with van der Waals surface area (Å²) in [6.07, 6.45) is 1.38. The van der Waals surface area contributed by atoms with Crippen LogP contribution in [-0.4, -0.2) is 45.0 Å². The molecule has 7 nitrogen and oxygen atoms in total. The number of furan rings is 1. The largest absolute Gasteiger partial charge is 0.457 e. The molecule has 1 aromatic carbocycles. The first-order valence-corrected chi connectivity index (χ1v) is 8.89. The standard InChI is InChI=1S/C16H17NO6S/c18-16(15-5-2-8-22-15)23-12-13-3-1-4-14(11-13)24(19,20)17-6-9-21-10-7-17/h1-5,8,11H,6-7,9-10,12H2. The highest BCUT2D eigenvalue weighted by atomic mass is 32.2. The van der Waals surface area contributed by atoms with Crippen molar-refractivity contribution in [3.63, 3.8) is 0 Å². The van der Waals surface area contributed by atoms with Gasteiger partial charge in [-0.2, -0.15) is 4.31 Å². The molecule has 1 aromatic heterocycles. The molecule has 1 saturated heterocycles. The molecule has 0 unspecified atom stereocenters. The van der Waals surface area contributed by atoms with Gasteiger partial charge >= 0.3 is 5.97 Å². The van der Waals surface area contributed by atoms with Crippen molar-refractivity contribution in [2.45, 2.75) is 11.5 Å². The lowest BCUT2D eigenvalue weighted by Gasteiger charge is -2.26. The molecule has 1 aliphatic rings. The number of carbonyl (C=O) groups excluding carboxylic acids is 1. The van der Waals surface area contributed by atoms with Crippen LogP contribution < -0.4 is 0 Å². The Hall–Kier alpha value is -2.16. The Labute approximate surface area is 139 Å². The first-order chi connectivity index (χ1) is 11.6. The van der Waals surface area contributed by atoms with Gasteiger partial charge in [-0.15, -0.1) is 0 Å². The highest BCUT2D eigenvalue weighted by Gasteiger charge is 2.26. The number of sulfonamides is 1. The fourth-order valence-corrected chi connectivity index (χ4v) is 3.83. The number of rotatable bonds is 5. The smallest absolute Gasteiger partial charge is 0.374 e. The van der Waals surface area contributed by atoms with Crippen molar-refractivity contribution in [3.8, 4) is 0 Å². The van der Waals surface area contributed by atoms with Crippen LogP contribution in [0.25, 0.3) is 0 Å². The third-order valence-electron chi connectivity index (χ3n) is 3.60. The van der Waals surface area contributed by atoms with Crippen LogP contribution in [0, 0.1) is 0 Å². The first-order valence-electron chi connectivity index (χ1n) is 7.45. The molecule has 0 saturated carbocycles. The summed E-state index contributed by atoms with van der Waals surface area (Å²) in [5.74, 6) is -0.492. The van der Waals surface area contributed by atoms with Gasteiger partial charge in [0.15, 0.2) is 0 Å². The summed E-state index contributed by atoms with van der Waals surface area (Å²) < 4.78 is 41.9. The van der Waals surface area contributed by atoms with Crippen LogP contribution in [0.4, 0.5) is 0 Å². The van der Waals surface area contributed by atoms with Crippen molar-refractivity contribution in [1.82, 2.24) is 4.31 Å². The summed E-state index contributed by atoms with van der Waals surface area (Å²) in [6, 6.07) is 9.47. The molecule has 0 aliphatic carbocycles. The molecule has 0 atom stereocenters. The van der Waals surface area contributed by atoms with Crippen LogP contribution in [0.1, 0.15) is 16.1 Å². The Balaban J connectivity index is 1.70. The number of esters is 1. The molecule has 0 spiro atoms. The topological polar surface area (TPSA) is 86.1 Å². The molecule has 128 valence electrons. The van der Waals surface area contributed by atoms with Gasteiger partial charge in [0.25, 0.3) is 0 Å². The fourth-order valence-electron chi connectivity index (χ4n) is 2.35. The van der Waals surface area contributed by atoms with Gasteiger partial charge in [0.2, 0.25) is 15.8 Å². The Kier molecular flexibility index (Phi) is 4.98. The highest BCUT2D eigenvalue weighted by Crippen LogP contribution is 2.19. The van der Waals surface area contributed by atoms with Gasteiger partial charge < -0.3 is 13.9 Å². The minimum atomic E-state index is -3.57. The van der Waals surface area contributed by atoms with Crippen molar-refractivity contribution >= 4 is 16.0 Å². The minimum Gasteiger partial charge on any atom is -0.457 e. The summed E-state index contributed by atoms with van der Waals surface area (Å²) in [6.45, 7) is 1.41. The van der Waals surface area contributed by atoms with E-state index in [-0.39, 0.29) is 17.3 Å². The summed E-state index contributed by atoms with van der Waals surface area (Å²) in [5.41, 5.74) is 0.587. The Morgan fingerprint density at radius 3 is 2.67 bits per heavy atom. The lowest BCUT2D eigenvalue weighted by Crippen LogP contribution is -2.40. The first kappa shape index (κ1) is 16.7. The molecule has 0 radical (unpaired) electrons. The summed E-state index contributed by atoms with van der Waals surface area (Å²) in [7, 11) is -3.57. The maximum absolute atomic E-state index is 12.6. The molecule has 2 heterocycles. The van der Waals surface area contributed by atoms with Crippen LogP contribution in [0.3, 0.4) is 0 Å². The summed E-state index contributed by atoms with van der Waals surface area (Å²) >= 11 is 0. The molecule has 2 aromatic rings. The van der Waals surface area contributed by atoms with Gasteiger partial charge in [-0.1, -0.05) is 12.1 Å². The van der Waals surface area contributed by atoms with Crippen LogP contribution in [-0.2, 0) is 26.1 Å². The van der Waals surface area contributed by atoms with Crippen LogP contribution in [0.15, 0.2) is 52.0 Å². The SMILES string of the molecule is O=C(OCc1cccc(S(=O)(=O)N2CCOCC2)c1)c1ccco1. The second kappa shape index (κ2) is 7.16. The molecule has 0 bridgehead atoms.